The highest BCUT2D eigenvalue weighted by Crippen LogP contribution is 2.36. The van der Waals surface area contributed by atoms with Crippen molar-refractivity contribution in [3.05, 3.63) is 34.6 Å². The average molecular weight is 507 g/mol. The van der Waals surface area contributed by atoms with Crippen molar-refractivity contribution in [3.63, 3.8) is 0 Å². The maximum atomic E-state index is 12.1. The molecule has 1 amide bonds. The number of methoxy groups -OCH3 is 1. The van der Waals surface area contributed by atoms with E-state index in [2.05, 4.69) is 37.8 Å². The predicted molar refractivity (Wildman–Crippen MR) is 132 cm³/mol. The molecule has 0 radical (unpaired) electrons. The molecule has 5 rings (SSSR count). The van der Waals surface area contributed by atoms with Crippen LogP contribution in [0.1, 0.15) is 24.1 Å². The summed E-state index contributed by atoms with van der Waals surface area (Å²) in [7, 11) is 1.50. The van der Waals surface area contributed by atoms with E-state index >= 15 is 0 Å². The van der Waals surface area contributed by atoms with Crippen LogP contribution in [0.2, 0.25) is 5.02 Å². The zero-order valence-electron chi connectivity index (χ0n) is 19.5. The number of hydrogen-bond acceptors (Lipinski definition) is 10. The molecular weight excluding hydrogens is 484 g/mol. The van der Waals surface area contributed by atoms with E-state index in [1.165, 1.54) is 17.8 Å². The molecule has 36 heavy (non-hydrogen) atoms. The molecule has 1 saturated carbocycles. The van der Waals surface area contributed by atoms with Crippen LogP contribution in [0.5, 0.6) is 0 Å². The molecule has 13 heteroatoms. The highest BCUT2D eigenvalue weighted by Gasteiger charge is 2.26. The van der Waals surface area contributed by atoms with Gasteiger partial charge in [-0.25, -0.2) is 4.98 Å². The quantitative estimate of drug-likeness (QED) is 0.488. The molecule has 3 aromatic rings. The second-order valence-corrected chi connectivity index (χ2v) is 8.97. The standard InChI is InChI=1S/C23H23ClN10O2/c1-36-13-19(35)33-6-4-32(5-7-33)18-9-14(10-25)8-17(20(18)24)29-23-30-21(28-15-2-3-15)22-27-12-16(11-26)34(22)31-23/h8-9,12,15H,2-7,13H2,1H3,(H2,28,29,30,31). The van der Waals surface area contributed by atoms with E-state index in [0.29, 0.717) is 65.6 Å². The minimum absolute atomic E-state index is 0.0467. The topological polar surface area (TPSA) is 148 Å². The third-order valence-corrected chi connectivity index (χ3v) is 6.46. The molecule has 1 saturated heterocycles. The Hall–Kier alpha value is -4.13. The van der Waals surface area contributed by atoms with Crippen LogP contribution in [0.15, 0.2) is 18.3 Å². The molecule has 1 aromatic carbocycles. The van der Waals surface area contributed by atoms with Gasteiger partial charge in [-0.2, -0.15) is 20.0 Å². The van der Waals surface area contributed by atoms with Gasteiger partial charge in [-0.1, -0.05) is 11.6 Å². The Labute approximate surface area is 212 Å². The molecule has 2 N–H and O–H groups in total. The van der Waals surface area contributed by atoms with Gasteiger partial charge in [0.05, 0.1) is 34.2 Å². The van der Waals surface area contributed by atoms with Crippen LogP contribution >= 0.6 is 11.6 Å². The lowest BCUT2D eigenvalue weighted by molar-refractivity contribution is -0.135. The predicted octanol–water partition coefficient (Wildman–Crippen LogP) is 2.13. The van der Waals surface area contributed by atoms with E-state index in [0.717, 1.165) is 12.8 Å². The minimum atomic E-state index is -0.0595. The normalized spacial score (nSPS) is 15.4. The number of nitriles is 2. The summed E-state index contributed by atoms with van der Waals surface area (Å²) in [6, 6.07) is 7.93. The van der Waals surface area contributed by atoms with Gasteiger partial charge in [0.25, 0.3) is 0 Å². The number of nitrogens with zero attached hydrogens (tertiary/aromatic N) is 8. The van der Waals surface area contributed by atoms with E-state index < -0.39 is 0 Å². The molecule has 0 unspecified atom stereocenters. The molecule has 1 aliphatic carbocycles. The van der Waals surface area contributed by atoms with Crippen LogP contribution in [0.4, 0.5) is 23.1 Å². The average Bonchev–Trinajstić information content (AvgIpc) is 3.61. The highest BCUT2D eigenvalue weighted by molar-refractivity contribution is 6.36. The van der Waals surface area contributed by atoms with Crippen LogP contribution in [-0.4, -0.2) is 76.3 Å². The number of ether oxygens (including phenoxy) is 1. The summed E-state index contributed by atoms with van der Waals surface area (Å²) in [5.41, 5.74) is 2.27. The van der Waals surface area contributed by atoms with Gasteiger partial charge in [0.2, 0.25) is 11.9 Å². The second-order valence-electron chi connectivity index (χ2n) is 8.59. The number of benzene rings is 1. The van der Waals surface area contributed by atoms with E-state index in [1.807, 2.05) is 4.90 Å². The summed E-state index contributed by atoms with van der Waals surface area (Å²) >= 11 is 6.80. The number of carbonyl (C=O) groups is 1. The fraction of sp³-hybridized carbons (Fsp3) is 0.391. The Morgan fingerprint density at radius 1 is 1.22 bits per heavy atom. The van der Waals surface area contributed by atoms with Crippen molar-refractivity contribution in [2.75, 3.05) is 55.4 Å². The van der Waals surface area contributed by atoms with Crippen molar-refractivity contribution in [1.82, 2.24) is 24.5 Å². The largest absolute Gasteiger partial charge is 0.375 e. The number of anilines is 4. The monoisotopic (exact) mass is 506 g/mol. The first-order valence-electron chi connectivity index (χ1n) is 11.5. The first-order valence-corrected chi connectivity index (χ1v) is 11.8. The Bertz CT molecular complexity index is 1400. The molecule has 184 valence electrons. The Balaban J connectivity index is 1.45. The smallest absolute Gasteiger partial charge is 0.248 e. The Morgan fingerprint density at radius 2 is 2.00 bits per heavy atom. The number of aromatic nitrogens is 4. The lowest BCUT2D eigenvalue weighted by Gasteiger charge is -2.36. The van der Waals surface area contributed by atoms with Gasteiger partial charge in [0.15, 0.2) is 17.2 Å². The zero-order valence-corrected chi connectivity index (χ0v) is 20.3. The third kappa shape index (κ3) is 4.69. The second kappa shape index (κ2) is 9.85. The van der Waals surface area contributed by atoms with Crippen molar-refractivity contribution in [2.24, 2.45) is 0 Å². The van der Waals surface area contributed by atoms with Crippen LogP contribution < -0.4 is 15.5 Å². The molecule has 0 bridgehead atoms. The number of piperazine rings is 1. The highest BCUT2D eigenvalue weighted by atomic mass is 35.5. The van der Waals surface area contributed by atoms with Crippen molar-refractivity contribution in [2.45, 2.75) is 18.9 Å². The molecule has 0 spiro atoms. The van der Waals surface area contributed by atoms with Crippen LogP contribution in [0, 0.1) is 22.7 Å². The van der Waals surface area contributed by atoms with E-state index in [1.54, 1.807) is 17.0 Å². The number of nitrogens with one attached hydrogen (secondary N) is 2. The Morgan fingerprint density at radius 3 is 2.67 bits per heavy atom. The van der Waals surface area contributed by atoms with Gasteiger partial charge in [-0.15, -0.1) is 5.10 Å². The van der Waals surface area contributed by atoms with Crippen molar-refractivity contribution < 1.29 is 9.53 Å². The minimum Gasteiger partial charge on any atom is -0.375 e. The van der Waals surface area contributed by atoms with E-state index in [4.69, 9.17) is 16.3 Å². The van der Waals surface area contributed by atoms with Crippen LogP contribution in [0.25, 0.3) is 5.65 Å². The summed E-state index contributed by atoms with van der Waals surface area (Å²) < 4.78 is 6.38. The summed E-state index contributed by atoms with van der Waals surface area (Å²) in [6.45, 7) is 2.20. The third-order valence-electron chi connectivity index (χ3n) is 6.06. The lowest BCUT2D eigenvalue weighted by Crippen LogP contribution is -2.49. The summed E-state index contributed by atoms with van der Waals surface area (Å²) in [5.74, 6) is 0.662. The van der Waals surface area contributed by atoms with Crippen molar-refractivity contribution in [3.8, 4) is 12.1 Å². The van der Waals surface area contributed by atoms with Crippen molar-refractivity contribution >= 4 is 46.3 Å². The van der Waals surface area contributed by atoms with Crippen molar-refractivity contribution in [1.29, 1.82) is 10.5 Å². The zero-order chi connectivity index (χ0) is 25.2. The van der Waals surface area contributed by atoms with Gasteiger partial charge in [-0.3, -0.25) is 4.79 Å². The molecule has 2 aliphatic rings. The molecule has 1 aliphatic heterocycles. The van der Waals surface area contributed by atoms with Crippen LogP contribution in [-0.2, 0) is 9.53 Å². The fourth-order valence-electron chi connectivity index (χ4n) is 4.06. The maximum Gasteiger partial charge on any atom is 0.248 e. The number of imidazole rings is 1. The van der Waals surface area contributed by atoms with Gasteiger partial charge >= 0.3 is 0 Å². The molecule has 12 nitrogen and oxygen atoms in total. The van der Waals surface area contributed by atoms with E-state index in [9.17, 15) is 15.3 Å². The molecule has 2 aromatic heterocycles. The number of hydrogen-bond donors (Lipinski definition) is 2. The molecule has 0 atom stereocenters. The first kappa shape index (κ1) is 23.6. The number of carbonyl (C=O) groups excluding carboxylic acids is 1. The van der Waals surface area contributed by atoms with Crippen LogP contribution in [0.3, 0.4) is 0 Å². The fourth-order valence-corrected chi connectivity index (χ4v) is 4.33. The number of amides is 1. The van der Waals surface area contributed by atoms with Gasteiger partial charge in [-0.05, 0) is 25.0 Å². The number of fused-ring (bicyclic) bond motifs is 1. The molecule has 2 fully saturated rings. The summed E-state index contributed by atoms with van der Waals surface area (Å²) in [4.78, 5) is 24.8. The number of rotatable bonds is 7. The molecular formula is C23H23ClN10O2. The number of halogens is 1. The maximum absolute atomic E-state index is 12.1. The van der Waals surface area contributed by atoms with Gasteiger partial charge in [0.1, 0.15) is 12.7 Å². The summed E-state index contributed by atoms with van der Waals surface area (Å²) in [6.07, 6.45) is 3.52. The summed E-state index contributed by atoms with van der Waals surface area (Å²) in [5, 5.41) is 30.4. The molecule has 3 heterocycles. The first-order chi connectivity index (χ1) is 17.5. The van der Waals surface area contributed by atoms with Gasteiger partial charge in [0, 0.05) is 39.3 Å². The SMILES string of the molecule is COCC(=O)N1CCN(c2cc(C#N)cc(Nc3nc(NC4CC4)c4ncc(C#N)n4n3)c2Cl)CC1. The van der Waals surface area contributed by atoms with Gasteiger partial charge < -0.3 is 25.2 Å². The van der Waals surface area contributed by atoms with E-state index in [-0.39, 0.29) is 24.2 Å². The Kier molecular flexibility index (Phi) is 6.46. The lowest BCUT2D eigenvalue weighted by atomic mass is 10.1.